The number of benzene rings is 1. The molecule has 18 heavy (non-hydrogen) atoms. The van der Waals surface area contributed by atoms with E-state index in [0.717, 1.165) is 20.8 Å². The van der Waals surface area contributed by atoms with E-state index in [1.807, 2.05) is 0 Å². The third-order valence-corrected chi connectivity index (χ3v) is 3.64. The minimum Gasteiger partial charge on any atom is -0.814 e. The molecule has 0 fully saturated rings. The Morgan fingerprint density at radius 3 is 1.94 bits per heavy atom. The molecule has 1 aromatic carbocycles. The number of hydrogen-bond acceptors (Lipinski definition) is 0. The largest absolute Gasteiger partial charge is 0.814 e. The summed E-state index contributed by atoms with van der Waals surface area (Å²) in [6.07, 6.45) is 1.92. The maximum absolute atomic E-state index is 7.44. The Bertz CT molecular complexity index is 350. The summed E-state index contributed by atoms with van der Waals surface area (Å²) in [4.78, 5) is 0. The van der Waals surface area contributed by atoms with Crippen LogP contribution in [0.1, 0.15) is 30.0 Å². The van der Waals surface area contributed by atoms with E-state index in [1.165, 1.54) is 22.0 Å². The van der Waals surface area contributed by atoms with Crippen LogP contribution >= 0.6 is 8.20 Å². The van der Waals surface area contributed by atoms with Gasteiger partial charge >= 0.3 is 0 Å². The summed E-state index contributed by atoms with van der Waals surface area (Å²) < 4.78 is 0. The Hall–Kier alpha value is -0.278. The standard InChI is InChI=1S/C12H16P.C2H4N.CH3.Pd/c1-5-6-13-12-10(3)7-9(2)8-11(12)4;1-2-3;;/h6-8H,1,5H2,2-4H3;2H,1H3;1H3;/q3*-1;/p+1. The third kappa shape index (κ3) is 8.76. The summed E-state index contributed by atoms with van der Waals surface area (Å²) in [7, 11) is 0.811. The molecule has 1 atom stereocenters. The molecule has 0 radical (unpaired) electrons. The van der Waals surface area contributed by atoms with Crippen molar-refractivity contribution in [2.45, 2.75) is 34.1 Å². The maximum atomic E-state index is 7.44. The first-order valence-electron chi connectivity index (χ1n) is 5.44. The molecule has 0 aliphatic rings. The number of nitrogens with zero attached hydrogens (tertiary/aromatic N) is 1. The summed E-state index contributed by atoms with van der Waals surface area (Å²) in [5.41, 5.74) is 4.19. The normalized spacial score (nSPS) is 8.72. The molecule has 1 unspecified atom stereocenters. The summed E-state index contributed by atoms with van der Waals surface area (Å²) in [6.45, 7) is 11.9. The molecule has 0 aliphatic heterocycles. The zero-order valence-electron chi connectivity index (χ0n) is 12.0. The molecule has 1 nitrogen and oxygen atoms in total. The van der Waals surface area contributed by atoms with Crippen molar-refractivity contribution < 1.29 is 20.4 Å². The predicted octanol–water partition coefficient (Wildman–Crippen LogP) is 4.04. The minimum absolute atomic E-state index is 0. The molecule has 1 aromatic rings. The van der Waals surface area contributed by atoms with Gasteiger partial charge in [-0.3, -0.25) is 0 Å². The Morgan fingerprint density at radius 1 is 1.22 bits per heavy atom. The van der Waals surface area contributed by atoms with Crippen molar-refractivity contribution in [1.29, 1.82) is 0 Å². The van der Waals surface area contributed by atoms with Gasteiger partial charge in [0, 0.05) is 20.4 Å². The molecule has 1 rings (SSSR count). The van der Waals surface area contributed by atoms with E-state index in [2.05, 4.69) is 45.6 Å². The fourth-order valence-corrected chi connectivity index (χ4v) is 2.53. The second kappa shape index (κ2) is 13.2. The molecular weight excluding hydrogens is 332 g/mol. The summed E-state index contributed by atoms with van der Waals surface area (Å²) in [5.74, 6) is 2.25. The molecule has 0 bridgehead atoms. The van der Waals surface area contributed by atoms with Crippen molar-refractivity contribution in [3.05, 3.63) is 48.6 Å². The molecule has 0 amide bonds. The van der Waals surface area contributed by atoms with E-state index < -0.39 is 0 Å². The average Bonchev–Trinajstić information content (AvgIpc) is 2.17. The van der Waals surface area contributed by atoms with E-state index in [1.54, 1.807) is 6.92 Å². The van der Waals surface area contributed by atoms with Gasteiger partial charge in [0.15, 0.2) is 5.30 Å². The molecular formula is C15H24NPPd-2. The zero-order chi connectivity index (χ0) is 12.6. The maximum Gasteiger partial charge on any atom is 0.151 e. The molecule has 0 N–H and O–H groups in total. The van der Waals surface area contributed by atoms with Crippen molar-refractivity contribution in [2.24, 2.45) is 0 Å². The average molecular weight is 356 g/mol. The summed E-state index contributed by atoms with van der Waals surface area (Å²) in [6, 6.07) is 4.51. The first kappa shape index (κ1) is 22.9. The fraction of sp³-hybridized carbons (Fsp3) is 0.333. The van der Waals surface area contributed by atoms with E-state index in [-0.39, 0.29) is 27.8 Å². The van der Waals surface area contributed by atoms with Gasteiger partial charge < -0.3 is 19.8 Å². The first-order valence-corrected chi connectivity index (χ1v) is 6.51. The van der Waals surface area contributed by atoms with Gasteiger partial charge in [-0.05, 0) is 31.9 Å². The second-order valence-corrected chi connectivity index (χ2v) is 4.87. The molecule has 0 heterocycles. The smallest absolute Gasteiger partial charge is 0.151 e. The molecule has 0 aliphatic carbocycles. The zero-order valence-corrected chi connectivity index (χ0v) is 14.5. The van der Waals surface area contributed by atoms with E-state index in [4.69, 9.17) is 5.41 Å². The number of rotatable bonds is 2. The Kier molecular flexibility index (Phi) is 16.7. The van der Waals surface area contributed by atoms with Crippen molar-refractivity contribution >= 4 is 25.5 Å². The monoisotopic (exact) mass is 355 g/mol. The van der Waals surface area contributed by atoms with Gasteiger partial charge in [-0.2, -0.15) is 0 Å². The predicted molar refractivity (Wildman–Crippen MR) is 86.2 cm³/mol. The van der Waals surface area contributed by atoms with Crippen molar-refractivity contribution in [2.75, 3.05) is 0 Å². The van der Waals surface area contributed by atoms with Crippen LogP contribution in [-0.4, -0.2) is 12.0 Å². The molecule has 0 saturated carbocycles. The van der Waals surface area contributed by atoms with Crippen LogP contribution in [0.25, 0.3) is 5.41 Å². The Morgan fingerprint density at radius 2 is 1.61 bits per heavy atom. The topological polar surface area (TPSA) is 22.3 Å². The quantitative estimate of drug-likeness (QED) is 0.331. The number of hydrogen-bond donors (Lipinski definition) is 0. The van der Waals surface area contributed by atoms with Gasteiger partial charge in [0.2, 0.25) is 0 Å². The van der Waals surface area contributed by atoms with Gasteiger partial charge in [0.1, 0.15) is 8.20 Å². The molecule has 3 heteroatoms. The van der Waals surface area contributed by atoms with Gasteiger partial charge in [-0.1, -0.05) is 24.6 Å². The molecule has 0 saturated heterocycles. The van der Waals surface area contributed by atoms with Crippen LogP contribution in [0.2, 0.25) is 0 Å². The van der Waals surface area contributed by atoms with E-state index in [9.17, 15) is 0 Å². The number of aryl methyl sites for hydroxylation is 3. The Labute approximate surface area is 128 Å². The summed E-state index contributed by atoms with van der Waals surface area (Å²) >= 11 is 0. The molecule has 0 aromatic heterocycles. The van der Waals surface area contributed by atoms with Gasteiger partial charge in [-0.15, -0.1) is 6.42 Å². The van der Waals surface area contributed by atoms with Crippen LogP contribution < -0.4 is 5.30 Å². The van der Waals surface area contributed by atoms with Crippen molar-refractivity contribution in [1.82, 2.24) is 0 Å². The van der Waals surface area contributed by atoms with Crippen molar-refractivity contribution in [3.8, 4) is 0 Å². The van der Waals surface area contributed by atoms with Crippen LogP contribution in [-0.2, 0) is 20.4 Å². The van der Waals surface area contributed by atoms with Crippen LogP contribution in [0.4, 0.5) is 0 Å². The Balaban J connectivity index is -0.000000410. The van der Waals surface area contributed by atoms with Crippen LogP contribution in [0.15, 0.2) is 12.1 Å². The van der Waals surface area contributed by atoms with Gasteiger partial charge in [-0.25, -0.2) is 6.21 Å². The van der Waals surface area contributed by atoms with Crippen molar-refractivity contribution in [3.63, 3.8) is 0 Å². The van der Waals surface area contributed by atoms with Gasteiger partial charge in [0.05, 0.1) is 5.80 Å². The first-order chi connectivity index (χ1) is 7.56. The summed E-state index contributed by atoms with van der Waals surface area (Å²) in [5, 5.41) is 8.94. The fourth-order valence-electron chi connectivity index (χ4n) is 1.58. The van der Waals surface area contributed by atoms with Crippen LogP contribution in [0, 0.1) is 35.1 Å². The molecule has 106 valence electrons. The van der Waals surface area contributed by atoms with E-state index >= 15 is 0 Å². The second-order valence-electron chi connectivity index (χ2n) is 3.67. The SMILES string of the molecule is CC=[N-].[CH2-]C/C=[PH+]/c1c(C)cc(C)cc1C.[CH3-].[Pd]. The van der Waals surface area contributed by atoms with Gasteiger partial charge in [0.25, 0.3) is 0 Å². The van der Waals surface area contributed by atoms with Crippen LogP contribution in [0.3, 0.4) is 0 Å². The third-order valence-electron chi connectivity index (χ3n) is 2.07. The van der Waals surface area contributed by atoms with E-state index in [0.29, 0.717) is 0 Å². The molecule has 0 spiro atoms. The minimum atomic E-state index is 0. The van der Waals surface area contributed by atoms with Crippen LogP contribution in [0.5, 0.6) is 0 Å².